The summed E-state index contributed by atoms with van der Waals surface area (Å²) in [6.07, 6.45) is 4.33. The van der Waals surface area contributed by atoms with E-state index in [-0.39, 0.29) is 5.82 Å². The van der Waals surface area contributed by atoms with Gasteiger partial charge in [0, 0.05) is 41.9 Å². The highest BCUT2D eigenvalue weighted by atomic mass is 79.9. The Morgan fingerprint density at radius 1 is 1.41 bits per heavy atom. The second kappa shape index (κ2) is 5.93. The minimum absolute atomic E-state index is 0.182. The first-order valence-corrected chi connectivity index (χ1v) is 6.18. The summed E-state index contributed by atoms with van der Waals surface area (Å²) in [4.78, 5) is 7.14. The van der Waals surface area contributed by atoms with Crippen molar-refractivity contribution in [1.29, 1.82) is 0 Å². The van der Waals surface area contributed by atoms with Crippen molar-refractivity contribution >= 4 is 15.9 Å². The molecule has 0 bridgehead atoms. The van der Waals surface area contributed by atoms with Gasteiger partial charge in [0.1, 0.15) is 11.6 Å². The average Bonchev–Trinajstić information content (AvgIpc) is 2.82. The summed E-state index contributed by atoms with van der Waals surface area (Å²) in [5.41, 5.74) is 0.666. The molecule has 0 unspecified atom stereocenters. The number of rotatable bonds is 5. The number of nitrogens with zero attached hydrogens (tertiary/aromatic N) is 1. The van der Waals surface area contributed by atoms with E-state index in [0.717, 1.165) is 23.3 Å². The summed E-state index contributed by atoms with van der Waals surface area (Å²) in [7, 11) is 0. The van der Waals surface area contributed by atoms with E-state index < -0.39 is 0 Å². The number of hydrogen-bond donors (Lipinski definition) is 2. The SMILES string of the molecule is Fc1ccc(Br)cc1CNCCc1ncc[nH]1. The maximum Gasteiger partial charge on any atom is 0.127 e. The van der Waals surface area contributed by atoms with Gasteiger partial charge in [-0.15, -0.1) is 0 Å². The lowest BCUT2D eigenvalue weighted by atomic mass is 10.2. The number of hydrogen-bond acceptors (Lipinski definition) is 2. The van der Waals surface area contributed by atoms with Crippen molar-refractivity contribution in [1.82, 2.24) is 15.3 Å². The van der Waals surface area contributed by atoms with Crippen LogP contribution in [0.4, 0.5) is 4.39 Å². The molecule has 0 radical (unpaired) electrons. The molecule has 0 aliphatic carbocycles. The Morgan fingerprint density at radius 3 is 3.06 bits per heavy atom. The van der Waals surface area contributed by atoms with E-state index >= 15 is 0 Å². The molecule has 0 amide bonds. The Labute approximate surface area is 108 Å². The highest BCUT2D eigenvalue weighted by Crippen LogP contribution is 2.15. The van der Waals surface area contributed by atoms with Crippen molar-refractivity contribution in [3.05, 3.63) is 52.3 Å². The number of nitrogens with one attached hydrogen (secondary N) is 2. The third-order valence-corrected chi connectivity index (χ3v) is 2.91. The zero-order chi connectivity index (χ0) is 12.1. The molecule has 2 rings (SSSR count). The monoisotopic (exact) mass is 297 g/mol. The van der Waals surface area contributed by atoms with Crippen LogP contribution < -0.4 is 5.32 Å². The predicted molar refractivity (Wildman–Crippen MR) is 68.1 cm³/mol. The molecule has 1 heterocycles. The van der Waals surface area contributed by atoms with Gasteiger partial charge in [-0.25, -0.2) is 9.37 Å². The molecule has 0 saturated carbocycles. The molecule has 17 heavy (non-hydrogen) atoms. The average molecular weight is 298 g/mol. The number of halogens is 2. The van der Waals surface area contributed by atoms with Crippen LogP contribution in [0.3, 0.4) is 0 Å². The van der Waals surface area contributed by atoms with Gasteiger partial charge in [-0.05, 0) is 18.2 Å². The van der Waals surface area contributed by atoms with E-state index in [9.17, 15) is 4.39 Å². The number of imidazole rings is 1. The van der Waals surface area contributed by atoms with Crippen molar-refractivity contribution in [2.24, 2.45) is 0 Å². The Hall–Kier alpha value is -1.20. The summed E-state index contributed by atoms with van der Waals surface area (Å²) in [6, 6.07) is 4.95. The van der Waals surface area contributed by atoms with Crippen molar-refractivity contribution in [3.63, 3.8) is 0 Å². The van der Waals surface area contributed by atoms with Gasteiger partial charge in [-0.2, -0.15) is 0 Å². The second-order valence-electron chi connectivity index (χ2n) is 3.70. The van der Waals surface area contributed by atoms with Crippen LogP contribution in [0.2, 0.25) is 0 Å². The van der Waals surface area contributed by atoms with Crippen molar-refractivity contribution in [2.45, 2.75) is 13.0 Å². The molecule has 2 N–H and O–H groups in total. The molecular formula is C12H13BrFN3. The maximum absolute atomic E-state index is 13.4. The van der Waals surface area contributed by atoms with Crippen LogP contribution in [0, 0.1) is 5.82 Å². The molecule has 0 aliphatic heterocycles. The molecule has 3 nitrogen and oxygen atoms in total. The van der Waals surface area contributed by atoms with Gasteiger partial charge in [0.05, 0.1) is 0 Å². The van der Waals surface area contributed by atoms with Crippen molar-refractivity contribution in [3.8, 4) is 0 Å². The lowest BCUT2D eigenvalue weighted by Crippen LogP contribution is -2.18. The molecule has 90 valence electrons. The Morgan fingerprint density at radius 2 is 2.29 bits per heavy atom. The predicted octanol–water partition coefficient (Wildman–Crippen LogP) is 2.64. The molecule has 5 heteroatoms. The molecule has 0 fully saturated rings. The first-order chi connectivity index (χ1) is 8.25. The third-order valence-electron chi connectivity index (χ3n) is 2.42. The van der Waals surface area contributed by atoms with Gasteiger partial charge in [-0.3, -0.25) is 0 Å². The second-order valence-corrected chi connectivity index (χ2v) is 4.61. The summed E-state index contributed by atoms with van der Waals surface area (Å²) in [5, 5.41) is 3.19. The van der Waals surface area contributed by atoms with Crippen LogP contribution in [-0.2, 0) is 13.0 Å². The van der Waals surface area contributed by atoms with Crippen molar-refractivity contribution in [2.75, 3.05) is 6.54 Å². The number of aromatic nitrogens is 2. The van der Waals surface area contributed by atoms with E-state index in [1.54, 1.807) is 24.5 Å². The minimum atomic E-state index is -0.182. The van der Waals surface area contributed by atoms with E-state index in [1.165, 1.54) is 6.07 Å². The van der Waals surface area contributed by atoms with Gasteiger partial charge in [0.25, 0.3) is 0 Å². The normalized spacial score (nSPS) is 10.7. The van der Waals surface area contributed by atoms with Gasteiger partial charge >= 0.3 is 0 Å². The topological polar surface area (TPSA) is 40.7 Å². The first-order valence-electron chi connectivity index (χ1n) is 5.38. The Kier molecular flexibility index (Phi) is 4.28. The van der Waals surface area contributed by atoms with Crippen LogP contribution in [0.25, 0.3) is 0 Å². The van der Waals surface area contributed by atoms with Crippen LogP contribution in [0.1, 0.15) is 11.4 Å². The number of benzene rings is 1. The lowest BCUT2D eigenvalue weighted by molar-refractivity contribution is 0.586. The highest BCUT2D eigenvalue weighted by molar-refractivity contribution is 9.10. The molecule has 0 saturated heterocycles. The molecule has 1 aromatic heterocycles. The number of aromatic amines is 1. The third kappa shape index (κ3) is 3.64. The molecule has 0 spiro atoms. The smallest absolute Gasteiger partial charge is 0.127 e. The van der Waals surface area contributed by atoms with Crippen LogP contribution in [0.15, 0.2) is 35.1 Å². The van der Waals surface area contributed by atoms with Crippen LogP contribution >= 0.6 is 15.9 Å². The summed E-state index contributed by atoms with van der Waals surface area (Å²) >= 11 is 3.33. The van der Waals surface area contributed by atoms with E-state index in [1.807, 2.05) is 0 Å². The fraction of sp³-hybridized carbons (Fsp3) is 0.250. The minimum Gasteiger partial charge on any atom is -0.349 e. The van der Waals surface area contributed by atoms with Gasteiger partial charge in [0.15, 0.2) is 0 Å². The standard InChI is InChI=1S/C12H13BrFN3/c13-10-1-2-11(14)9(7-10)8-15-4-3-12-16-5-6-17-12/h1-2,5-7,15H,3-4,8H2,(H,16,17). The molecular weight excluding hydrogens is 285 g/mol. The lowest BCUT2D eigenvalue weighted by Gasteiger charge is -2.05. The zero-order valence-corrected chi connectivity index (χ0v) is 10.8. The Bertz CT molecular complexity index is 471. The maximum atomic E-state index is 13.4. The quantitative estimate of drug-likeness (QED) is 0.833. The molecule has 0 atom stereocenters. The largest absolute Gasteiger partial charge is 0.349 e. The van der Waals surface area contributed by atoms with Gasteiger partial charge in [-0.1, -0.05) is 15.9 Å². The van der Waals surface area contributed by atoms with Crippen LogP contribution in [-0.4, -0.2) is 16.5 Å². The Balaban J connectivity index is 1.80. The van der Waals surface area contributed by atoms with E-state index in [0.29, 0.717) is 12.1 Å². The molecule has 2 aromatic rings. The number of H-pyrrole nitrogens is 1. The van der Waals surface area contributed by atoms with E-state index in [4.69, 9.17) is 0 Å². The molecule has 1 aromatic carbocycles. The fourth-order valence-corrected chi connectivity index (χ4v) is 1.95. The fourth-order valence-electron chi connectivity index (χ4n) is 1.54. The van der Waals surface area contributed by atoms with Gasteiger partial charge < -0.3 is 10.3 Å². The van der Waals surface area contributed by atoms with Gasteiger partial charge in [0.2, 0.25) is 0 Å². The summed E-state index contributed by atoms with van der Waals surface area (Å²) < 4.78 is 14.3. The highest BCUT2D eigenvalue weighted by Gasteiger charge is 2.02. The summed E-state index contributed by atoms with van der Waals surface area (Å²) in [6.45, 7) is 1.28. The van der Waals surface area contributed by atoms with E-state index in [2.05, 4.69) is 31.2 Å². The van der Waals surface area contributed by atoms with Crippen LogP contribution in [0.5, 0.6) is 0 Å². The van der Waals surface area contributed by atoms with Crippen molar-refractivity contribution < 1.29 is 4.39 Å². The molecule has 0 aliphatic rings. The zero-order valence-electron chi connectivity index (χ0n) is 9.21. The summed E-state index contributed by atoms with van der Waals surface area (Å²) in [5.74, 6) is 0.755. The first kappa shape index (κ1) is 12.3.